The second-order valence-electron chi connectivity index (χ2n) is 1.82. The quantitative estimate of drug-likeness (QED) is 0.464. The highest BCUT2D eigenvalue weighted by Gasteiger charge is 2.15. The van der Waals surface area contributed by atoms with Crippen LogP contribution in [0.1, 0.15) is 6.42 Å². The second kappa shape index (κ2) is 1.93. The fourth-order valence-electron chi connectivity index (χ4n) is 0.588. The lowest BCUT2D eigenvalue weighted by molar-refractivity contribution is -0.133. The lowest BCUT2D eigenvalue weighted by Crippen LogP contribution is -2.18. The molecule has 0 unspecified atom stereocenters. The zero-order valence-electron chi connectivity index (χ0n) is 4.68. The molecule has 0 aromatic carbocycles. The van der Waals surface area contributed by atoms with Gasteiger partial charge in [-0.15, -0.1) is 0 Å². The van der Waals surface area contributed by atoms with Gasteiger partial charge in [0.25, 0.3) is 0 Å². The maximum Gasteiger partial charge on any atom is 0.221 e. The van der Waals surface area contributed by atoms with Gasteiger partial charge in [-0.1, -0.05) is 0 Å². The monoisotopic (exact) mass is 123 g/mol. The average Bonchev–Trinajstić information content (AvgIpc) is 1.80. The molecule has 0 saturated carbocycles. The third-order valence-corrected chi connectivity index (χ3v) is 1.06. The van der Waals surface area contributed by atoms with Gasteiger partial charge in [0.15, 0.2) is 0 Å². The Bertz CT molecular complexity index is 215. The van der Waals surface area contributed by atoms with Crippen LogP contribution < -0.4 is 0 Å². The molecule has 0 amide bonds. The predicted octanol–water partition coefficient (Wildman–Crippen LogP) is 0.104. The Hall–Kier alpha value is -1.25. The van der Waals surface area contributed by atoms with Crippen LogP contribution in [0.4, 0.5) is 0 Å². The molecule has 0 fully saturated rings. The van der Waals surface area contributed by atoms with Gasteiger partial charge in [0.2, 0.25) is 11.6 Å². The van der Waals surface area contributed by atoms with E-state index in [1.807, 2.05) is 0 Å². The first kappa shape index (κ1) is 5.88. The summed E-state index contributed by atoms with van der Waals surface area (Å²) in [6, 6.07) is 0. The van der Waals surface area contributed by atoms with Gasteiger partial charge in [0, 0.05) is 5.71 Å². The van der Waals surface area contributed by atoms with Crippen molar-refractivity contribution in [1.29, 1.82) is 5.41 Å². The highest BCUT2D eigenvalue weighted by atomic mass is 16.2. The number of hydrogen-bond acceptors (Lipinski definition) is 3. The van der Waals surface area contributed by atoms with Crippen molar-refractivity contribution in [2.24, 2.45) is 0 Å². The molecule has 0 atom stereocenters. The van der Waals surface area contributed by atoms with Crippen LogP contribution >= 0.6 is 0 Å². The molecule has 1 aliphatic carbocycles. The first-order valence-corrected chi connectivity index (χ1v) is 2.53. The number of carbonyl (C=O) groups is 2. The molecular formula is C6H5NO2. The Balaban J connectivity index is 2.89. The maximum atomic E-state index is 10.5. The molecule has 0 saturated heterocycles. The molecule has 3 nitrogen and oxygen atoms in total. The molecule has 46 valence electrons. The summed E-state index contributed by atoms with van der Waals surface area (Å²) >= 11 is 0. The van der Waals surface area contributed by atoms with E-state index >= 15 is 0 Å². The Labute approximate surface area is 51.9 Å². The summed E-state index contributed by atoms with van der Waals surface area (Å²) in [4.78, 5) is 20.9. The molecule has 1 N–H and O–H groups in total. The summed E-state index contributed by atoms with van der Waals surface area (Å²) in [5.74, 6) is -0.978. The molecule has 0 heterocycles. The number of ketones is 2. The maximum absolute atomic E-state index is 10.5. The number of Topliss-reactive ketones (excluding diaryl/α,β-unsaturated/α-hetero) is 1. The van der Waals surface area contributed by atoms with Crippen molar-refractivity contribution in [1.82, 2.24) is 0 Å². The minimum Gasteiger partial charge on any atom is -0.305 e. The molecule has 0 spiro atoms. The van der Waals surface area contributed by atoms with Crippen molar-refractivity contribution < 1.29 is 9.59 Å². The topological polar surface area (TPSA) is 58.0 Å². The van der Waals surface area contributed by atoms with Gasteiger partial charge >= 0.3 is 0 Å². The van der Waals surface area contributed by atoms with Crippen LogP contribution in [0.25, 0.3) is 0 Å². The van der Waals surface area contributed by atoms with Crippen molar-refractivity contribution in [3.8, 4) is 0 Å². The molecular weight excluding hydrogens is 118 g/mol. The van der Waals surface area contributed by atoms with E-state index in [-0.39, 0.29) is 12.1 Å². The highest BCUT2D eigenvalue weighted by molar-refractivity contribution is 6.47. The van der Waals surface area contributed by atoms with E-state index in [1.54, 1.807) is 0 Å². The van der Waals surface area contributed by atoms with Gasteiger partial charge in [0.1, 0.15) is 0 Å². The van der Waals surface area contributed by atoms with Gasteiger partial charge in [-0.3, -0.25) is 9.59 Å². The average molecular weight is 123 g/mol. The molecule has 3 heteroatoms. The SMILES string of the molecule is N=C1C=CC(=O)C(=O)C1. The van der Waals surface area contributed by atoms with Crippen LogP contribution in [0.15, 0.2) is 12.2 Å². The van der Waals surface area contributed by atoms with E-state index in [4.69, 9.17) is 5.41 Å². The molecule has 0 aromatic heterocycles. The molecule has 9 heavy (non-hydrogen) atoms. The standard InChI is InChI=1S/C6H5NO2/c7-4-1-2-5(8)6(9)3-4/h1-2,7H,3H2. The molecule has 1 aliphatic rings. The Morgan fingerprint density at radius 2 is 2.00 bits per heavy atom. The summed E-state index contributed by atoms with van der Waals surface area (Å²) in [6.07, 6.45) is 2.45. The highest BCUT2D eigenvalue weighted by Crippen LogP contribution is 1.97. The van der Waals surface area contributed by atoms with Crippen LogP contribution in [0.2, 0.25) is 0 Å². The predicted molar refractivity (Wildman–Crippen MR) is 31.5 cm³/mol. The Morgan fingerprint density at radius 3 is 2.44 bits per heavy atom. The van der Waals surface area contributed by atoms with Crippen molar-refractivity contribution in [3.05, 3.63) is 12.2 Å². The smallest absolute Gasteiger partial charge is 0.221 e. The third-order valence-electron chi connectivity index (χ3n) is 1.06. The number of hydrogen-bond donors (Lipinski definition) is 1. The number of carbonyl (C=O) groups excluding carboxylic acids is 2. The van der Waals surface area contributed by atoms with Gasteiger partial charge in [-0.05, 0) is 12.2 Å². The largest absolute Gasteiger partial charge is 0.305 e. The molecule has 0 aliphatic heterocycles. The Kier molecular flexibility index (Phi) is 1.26. The van der Waals surface area contributed by atoms with Gasteiger partial charge in [0.05, 0.1) is 6.42 Å². The zero-order valence-corrected chi connectivity index (χ0v) is 4.68. The summed E-state index contributed by atoms with van der Waals surface area (Å²) in [6.45, 7) is 0. The third kappa shape index (κ3) is 1.10. The fourth-order valence-corrected chi connectivity index (χ4v) is 0.588. The second-order valence-corrected chi connectivity index (χ2v) is 1.82. The van der Waals surface area contributed by atoms with E-state index in [0.717, 1.165) is 6.08 Å². The van der Waals surface area contributed by atoms with Crippen molar-refractivity contribution >= 4 is 17.3 Å². The molecule has 0 radical (unpaired) electrons. The lowest BCUT2D eigenvalue weighted by Gasteiger charge is -1.99. The molecule has 0 bridgehead atoms. The van der Waals surface area contributed by atoms with Gasteiger partial charge < -0.3 is 5.41 Å². The minimum absolute atomic E-state index is 0.0324. The van der Waals surface area contributed by atoms with Crippen molar-refractivity contribution in [2.75, 3.05) is 0 Å². The minimum atomic E-state index is -0.494. The number of rotatable bonds is 0. The van der Waals surface area contributed by atoms with Crippen molar-refractivity contribution in [3.63, 3.8) is 0 Å². The first-order chi connectivity index (χ1) is 4.20. The fraction of sp³-hybridized carbons (Fsp3) is 0.167. The summed E-state index contributed by atoms with van der Waals surface area (Å²) in [5, 5.41) is 6.95. The van der Waals surface area contributed by atoms with E-state index < -0.39 is 11.6 Å². The Morgan fingerprint density at radius 1 is 1.33 bits per heavy atom. The van der Waals surface area contributed by atoms with Crippen LogP contribution in [0.3, 0.4) is 0 Å². The van der Waals surface area contributed by atoms with Crippen LogP contribution in [-0.4, -0.2) is 17.3 Å². The van der Waals surface area contributed by atoms with E-state index in [1.165, 1.54) is 6.08 Å². The zero-order chi connectivity index (χ0) is 6.85. The van der Waals surface area contributed by atoms with E-state index in [2.05, 4.69) is 0 Å². The lowest BCUT2D eigenvalue weighted by atomic mass is 10.0. The van der Waals surface area contributed by atoms with Crippen LogP contribution in [0, 0.1) is 5.41 Å². The van der Waals surface area contributed by atoms with Crippen molar-refractivity contribution in [2.45, 2.75) is 6.42 Å². The summed E-state index contributed by atoms with van der Waals surface area (Å²) in [5.41, 5.74) is 0.208. The number of allylic oxidation sites excluding steroid dienone is 2. The molecule has 0 aromatic rings. The van der Waals surface area contributed by atoms with E-state index in [0.29, 0.717) is 0 Å². The summed E-state index contributed by atoms with van der Waals surface area (Å²) < 4.78 is 0. The normalized spacial score (nSPS) is 18.9. The number of nitrogens with one attached hydrogen (secondary N) is 1. The summed E-state index contributed by atoms with van der Waals surface area (Å²) in [7, 11) is 0. The van der Waals surface area contributed by atoms with Crippen LogP contribution in [0.5, 0.6) is 0 Å². The first-order valence-electron chi connectivity index (χ1n) is 2.53. The van der Waals surface area contributed by atoms with E-state index in [9.17, 15) is 9.59 Å². The van der Waals surface area contributed by atoms with Crippen LogP contribution in [-0.2, 0) is 9.59 Å². The van der Waals surface area contributed by atoms with Gasteiger partial charge in [-0.2, -0.15) is 0 Å². The molecule has 1 rings (SSSR count). The van der Waals surface area contributed by atoms with Gasteiger partial charge in [-0.25, -0.2) is 0 Å².